The molecule has 0 aliphatic carbocycles. The van der Waals surface area contributed by atoms with Crippen molar-refractivity contribution in [2.45, 2.75) is 6.42 Å². The standard InChI is InChI=1S/C23H22N6O/c30-23(15-18-16-25-21-4-2-1-3-19(18)21)29-13-11-28(12-14-29)22-6-5-20(26-27-22)17-7-9-24-10-8-17/h1-10,16,25H,11-15H2. The molecule has 0 atom stereocenters. The van der Waals surface area contributed by atoms with Gasteiger partial charge in [-0.15, -0.1) is 10.2 Å². The Morgan fingerprint density at radius 1 is 0.933 bits per heavy atom. The summed E-state index contributed by atoms with van der Waals surface area (Å²) in [7, 11) is 0. The number of nitrogens with zero attached hydrogens (tertiary/aromatic N) is 5. The number of aromatic amines is 1. The summed E-state index contributed by atoms with van der Waals surface area (Å²) in [6.45, 7) is 2.88. The lowest BCUT2D eigenvalue weighted by Crippen LogP contribution is -2.49. The minimum Gasteiger partial charge on any atom is -0.361 e. The molecule has 3 aromatic heterocycles. The number of amides is 1. The highest BCUT2D eigenvalue weighted by molar-refractivity contribution is 5.89. The minimum absolute atomic E-state index is 0.165. The van der Waals surface area contributed by atoms with Crippen LogP contribution in [-0.2, 0) is 11.2 Å². The Morgan fingerprint density at radius 2 is 1.73 bits per heavy atom. The van der Waals surface area contributed by atoms with Crippen molar-refractivity contribution in [2.24, 2.45) is 0 Å². The van der Waals surface area contributed by atoms with E-state index in [1.165, 1.54) is 0 Å². The second-order valence-electron chi connectivity index (χ2n) is 7.42. The molecule has 5 rings (SSSR count). The van der Waals surface area contributed by atoms with Crippen LogP contribution in [0.5, 0.6) is 0 Å². The quantitative estimate of drug-likeness (QED) is 0.572. The Hall–Kier alpha value is -3.74. The summed E-state index contributed by atoms with van der Waals surface area (Å²) in [5.41, 5.74) is 3.94. The molecule has 1 aliphatic rings. The summed E-state index contributed by atoms with van der Waals surface area (Å²) >= 11 is 0. The summed E-state index contributed by atoms with van der Waals surface area (Å²) < 4.78 is 0. The largest absolute Gasteiger partial charge is 0.361 e. The number of anilines is 1. The lowest BCUT2D eigenvalue weighted by molar-refractivity contribution is -0.130. The molecule has 7 heteroatoms. The van der Waals surface area contributed by atoms with Gasteiger partial charge in [0, 0.05) is 61.2 Å². The normalized spacial score (nSPS) is 14.3. The molecular formula is C23H22N6O. The van der Waals surface area contributed by atoms with E-state index in [-0.39, 0.29) is 5.91 Å². The van der Waals surface area contributed by atoms with E-state index >= 15 is 0 Å². The molecule has 4 heterocycles. The van der Waals surface area contributed by atoms with Crippen LogP contribution < -0.4 is 4.90 Å². The average Bonchev–Trinajstić information content (AvgIpc) is 3.23. The predicted molar refractivity (Wildman–Crippen MR) is 116 cm³/mol. The van der Waals surface area contributed by atoms with Crippen molar-refractivity contribution in [3.63, 3.8) is 0 Å². The predicted octanol–water partition coefficient (Wildman–Crippen LogP) is 2.91. The van der Waals surface area contributed by atoms with Crippen LogP contribution in [0.25, 0.3) is 22.2 Å². The molecule has 4 aromatic rings. The maximum absolute atomic E-state index is 12.8. The van der Waals surface area contributed by atoms with Crippen molar-refractivity contribution in [1.82, 2.24) is 25.1 Å². The van der Waals surface area contributed by atoms with Gasteiger partial charge in [-0.05, 0) is 35.9 Å². The second kappa shape index (κ2) is 7.94. The molecule has 1 amide bonds. The Balaban J connectivity index is 1.20. The van der Waals surface area contributed by atoms with Gasteiger partial charge >= 0.3 is 0 Å². The SMILES string of the molecule is O=C(Cc1c[nH]c2ccccc12)N1CCN(c2ccc(-c3ccncc3)nn2)CC1. The Bertz CT molecular complexity index is 1150. The maximum atomic E-state index is 12.8. The molecule has 0 bridgehead atoms. The fourth-order valence-electron chi connectivity index (χ4n) is 3.91. The fourth-order valence-corrected chi connectivity index (χ4v) is 3.91. The van der Waals surface area contributed by atoms with E-state index < -0.39 is 0 Å². The van der Waals surface area contributed by atoms with E-state index in [0.29, 0.717) is 19.5 Å². The van der Waals surface area contributed by atoms with Gasteiger partial charge in [-0.3, -0.25) is 9.78 Å². The van der Waals surface area contributed by atoms with Crippen LogP contribution in [0.4, 0.5) is 5.82 Å². The number of hydrogen-bond acceptors (Lipinski definition) is 5. The van der Waals surface area contributed by atoms with Crippen molar-refractivity contribution < 1.29 is 4.79 Å². The third-order valence-electron chi connectivity index (χ3n) is 5.60. The minimum atomic E-state index is 0.165. The van der Waals surface area contributed by atoms with Crippen molar-refractivity contribution >= 4 is 22.6 Å². The van der Waals surface area contributed by atoms with Gasteiger partial charge in [0.05, 0.1) is 12.1 Å². The highest BCUT2D eigenvalue weighted by atomic mass is 16.2. The summed E-state index contributed by atoms with van der Waals surface area (Å²) in [5.74, 6) is 1.01. The van der Waals surface area contributed by atoms with Crippen molar-refractivity contribution in [1.29, 1.82) is 0 Å². The van der Waals surface area contributed by atoms with E-state index in [2.05, 4.69) is 31.1 Å². The fraction of sp³-hybridized carbons (Fsp3) is 0.217. The van der Waals surface area contributed by atoms with Crippen LogP contribution in [0.3, 0.4) is 0 Å². The molecule has 1 saturated heterocycles. The number of piperazine rings is 1. The lowest BCUT2D eigenvalue weighted by atomic mass is 10.1. The number of carbonyl (C=O) groups is 1. The first-order chi connectivity index (χ1) is 14.8. The molecule has 1 aromatic carbocycles. The number of rotatable bonds is 4. The molecule has 1 N–H and O–H groups in total. The number of pyridine rings is 1. The van der Waals surface area contributed by atoms with E-state index in [1.54, 1.807) is 12.4 Å². The zero-order valence-electron chi connectivity index (χ0n) is 16.5. The van der Waals surface area contributed by atoms with Gasteiger partial charge in [0.15, 0.2) is 5.82 Å². The summed E-state index contributed by atoms with van der Waals surface area (Å²) in [6, 6.07) is 15.9. The lowest BCUT2D eigenvalue weighted by Gasteiger charge is -2.35. The first-order valence-corrected chi connectivity index (χ1v) is 10.1. The molecular weight excluding hydrogens is 376 g/mol. The Morgan fingerprint density at radius 3 is 2.50 bits per heavy atom. The zero-order chi connectivity index (χ0) is 20.3. The second-order valence-corrected chi connectivity index (χ2v) is 7.42. The van der Waals surface area contributed by atoms with Gasteiger partial charge in [-0.25, -0.2) is 0 Å². The highest BCUT2D eigenvalue weighted by Crippen LogP contribution is 2.21. The van der Waals surface area contributed by atoms with Crippen LogP contribution in [0.15, 0.2) is 67.1 Å². The number of para-hydroxylation sites is 1. The average molecular weight is 398 g/mol. The topological polar surface area (TPSA) is 78.0 Å². The summed E-state index contributed by atoms with van der Waals surface area (Å²) in [5, 5.41) is 9.86. The molecule has 7 nitrogen and oxygen atoms in total. The van der Waals surface area contributed by atoms with E-state index in [4.69, 9.17) is 0 Å². The van der Waals surface area contributed by atoms with Gasteiger partial charge < -0.3 is 14.8 Å². The molecule has 1 fully saturated rings. The number of benzene rings is 1. The molecule has 0 spiro atoms. The van der Waals surface area contributed by atoms with E-state index in [9.17, 15) is 4.79 Å². The third kappa shape index (κ3) is 3.61. The molecule has 150 valence electrons. The van der Waals surface area contributed by atoms with Gasteiger partial charge in [-0.2, -0.15) is 0 Å². The van der Waals surface area contributed by atoms with Gasteiger partial charge in [0.2, 0.25) is 5.91 Å². The number of fused-ring (bicyclic) bond motifs is 1. The monoisotopic (exact) mass is 398 g/mol. The number of carbonyl (C=O) groups excluding carboxylic acids is 1. The maximum Gasteiger partial charge on any atom is 0.227 e. The highest BCUT2D eigenvalue weighted by Gasteiger charge is 2.23. The number of H-pyrrole nitrogens is 1. The zero-order valence-corrected chi connectivity index (χ0v) is 16.5. The molecule has 1 aliphatic heterocycles. The van der Waals surface area contributed by atoms with Crippen molar-refractivity contribution in [3.8, 4) is 11.3 Å². The Kier molecular flexibility index (Phi) is 4.85. The Labute approximate surface area is 174 Å². The van der Waals surface area contributed by atoms with Gasteiger partial charge in [0.25, 0.3) is 0 Å². The number of hydrogen-bond donors (Lipinski definition) is 1. The van der Waals surface area contributed by atoms with Crippen LogP contribution >= 0.6 is 0 Å². The van der Waals surface area contributed by atoms with Gasteiger partial charge in [0.1, 0.15) is 0 Å². The number of aromatic nitrogens is 4. The number of nitrogens with one attached hydrogen (secondary N) is 1. The van der Waals surface area contributed by atoms with Crippen LogP contribution in [0, 0.1) is 0 Å². The van der Waals surface area contributed by atoms with Crippen molar-refractivity contribution in [2.75, 3.05) is 31.1 Å². The molecule has 0 saturated carbocycles. The van der Waals surface area contributed by atoms with Crippen LogP contribution in [-0.4, -0.2) is 57.2 Å². The van der Waals surface area contributed by atoms with Crippen molar-refractivity contribution in [3.05, 3.63) is 72.7 Å². The first kappa shape index (κ1) is 18.3. The molecule has 30 heavy (non-hydrogen) atoms. The first-order valence-electron chi connectivity index (χ1n) is 10.1. The summed E-state index contributed by atoms with van der Waals surface area (Å²) in [4.78, 5) is 24.2. The molecule has 0 unspecified atom stereocenters. The van der Waals surface area contributed by atoms with E-state index in [1.807, 2.05) is 53.6 Å². The van der Waals surface area contributed by atoms with Crippen LogP contribution in [0.1, 0.15) is 5.56 Å². The van der Waals surface area contributed by atoms with Gasteiger partial charge in [-0.1, -0.05) is 18.2 Å². The summed E-state index contributed by atoms with van der Waals surface area (Å²) in [6.07, 6.45) is 5.86. The third-order valence-corrected chi connectivity index (χ3v) is 5.60. The van der Waals surface area contributed by atoms with E-state index in [0.717, 1.165) is 46.6 Å². The smallest absolute Gasteiger partial charge is 0.227 e. The van der Waals surface area contributed by atoms with Crippen LogP contribution in [0.2, 0.25) is 0 Å². The molecule has 0 radical (unpaired) electrons.